The third-order valence-electron chi connectivity index (χ3n) is 4.79. The van der Waals surface area contributed by atoms with Crippen molar-refractivity contribution in [2.75, 3.05) is 13.7 Å². The van der Waals surface area contributed by atoms with Crippen LogP contribution in [0.5, 0.6) is 5.75 Å². The topological polar surface area (TPSA) is 77.6 Å². The standard InChI is InChI=1S/C19H19N3O4S/c1-25-14-8-6-13(7-9-14)15-4-2-10-21(15)17(23)12-22-18(20-26-19(22)24)16-5-3-11-27-16/h3,5-9,11,15H,2,4,10,12H2,1H3. The highest BCUT2D eigenvalue weighted by molar-refractivity contribution is 7.13. The van der Waals surface area contributed by atoms with E-state index in [0.717, 1.165) is 29.0 Å². The van der Waals surface area contributed by atoms with Crippen LogP contribution in [0.15, 0.2) is 51.1 Å². The highest BCUT2D eigenvalue weighted by Crippen LogP contribution is 2.33. The molecule has 4 rings (SSSR count). The fourth-order valence-electron chi connectivity index (χ4n) is 3.45. The Balaban J connectivity index is 1.56. The number of likely N-dealkylation sites (tertiary alicyclic amines) is 1. The number of aromatic nitrogens is 2. The van der Waals surface area contributed by atoms with Gasteiger partial charge in [-0.05, 0) is 42.0 Å². The van der Waals surface area contributed by atoms with Crippen molar-refractivity contribution in [3.63, 3.8) is 0 Å². The molecule has 1 saturated heterocycles. The van der Waals surface area contributed by atoms with Crippen molar-refractivity contribution in [3.8, 4) is 16.5 Å². The fourth-order valence-corrected chi connectivity index (χ4v) is 4.17. The van der Waals surface area contributed by atoms with Gasteiger partial charge in [-0.2, -0.15) is 0 Å². The molecule has 0 saturated carbocycles. The Kier molecular flexibility index (Phi) is 4.81. The Bertz CT molecular complexity index is 975. The fraction of sp³-hybridized carbons (Fsp3) is 0.316. The summed E-state index contributed by atoms with van der Waals surface area (Å²) in [5.41, 5.74) is 1.07. The van der Waals surface area contributed by atoms with Gasteiger partial charge in [0.15, 0.2) is 5.82 Å². The number of rotatable bonds is 5. The smallest absolute Gasteiger partial charge is 0.442 e. The average Bonchev–Trinajstić information content (AvgIpc) is 3.43. The summed E-state index contributed by atoms with van der Waals surface area (Å²) in [6.07, 6.45) is 1.83. The van der Waals surface area contributed by atoms with Crippen LogP contribution in [-0.4, -0.2) is 34.2 Å². The van der Waals surface area contributed by atoms with Crippen LogP contribution >= 0.6 is 11.3 Å². The Labute approximate surface area is 159 Å². The molecule has 1 atom stereocenters. The molecule has 3 aromatic rings. The largest absolute Gasteiger partial charge is 0.497 e. The molecule has 0 aliphatic carbocycles. The SMILES string of the molecule is COc1ccc(C2CCCN2C(=O)Cn2c(-c3cccs3)noc2=O)cc1. The Morgan fingerprint density at radius 2 is 2.15 bits per heavy atom. The summed E-state index contributed by atoms with van der Waals surface area (Å²) in [4.78, 5) is 27.7. The van der Waals surface area contributed by atoms with Gasteiger partial charge >= 0.3 is 5.76 Å². The van der Waals surface area contributed by atoms with Crippen LogP contribution in [0.3, 0.4) is 0 Å². The molecule has 2 aromatic heterocycles. The zero-order valence-corrected chi connectivity index (χ0v) is 15.6. The van der Waals surface area contributed by atoms with Crippen LogP contribution in [0, 0.1) is 0 Å². The van der Waals surface area contributed by atoms with Crippen molar-refractivity contribution in [2.45, 2.75) is 25.4 Å². The zero-order valence-electron chi connectivity index (χ0n) is 14.8. The minimum Gasteiger partial charge on any atom is -0.497 e. The first-order chi connectivity index (χ1) is 13.2. The van der Waals surface area contributed by atoms with E-state index in [1.807, 2.05) is 46.7 Å². The van der Waals surface area contributed by atoms with Crippen LogP contribution in [0.1, 0.15) is 24.4 Å². The lowest BCUT2D eigenvalue weighted by Gasteiger charge is -2.25. The Hall–Kier alpha value is -2.87. The summed E-state index contributed by atoms with van der Waals surface area (Å²) in [5.74, 6) is 0.443. The normalized spacial score (nSPS) is 16.6. The first kappa shape index (κ1) is 17.5. The summed E-state index contributed by atoms with van der Waals surface area (Å²) in [5, 5.41) is 5.73. The molecule has 0 radical (unpaired) electrons. The van der Waals surface area contributed by atoms with Gasteiger partial charge in [-0.3, -0.25) is 9.32 Å². The molecule has 3 heterocycles. The number of thiophene rings is 1. The van der Waals surface area contributed by atoms with E-state index in [4.69, 9.17) is 9.26 Å². The van der Waals surface area contributed by atoms with Crippen LogP contribution < -0.4 is 10.5 Å². The van der Waals surface area contributed by atoms with Crippen molar-refractivity contribution in [1.29, 1.82) is 0 Å². The number of carbonyl (C=O) groups is 1. The molecule has 7 nitrogen and oxygen atoms in total. The summed E-state index contributed by atoms with van der Waals surface area (Å²) in [6.45, 7) is 0.589. The zero-order chi connectivity index (χ0) is 18.8. The minimum absolute atomic E-state index is 0.00385. The van der Waals surface area contributed by atoms with E-state index < -0.39 is 5.76 Å². The molecule has 1 fully saturated rings. The van der Waals surface area contributed by atoms with Crippen LogP contribution in [0.4, 0.5) is 0 Å². The van der Waals surface area contributed by atoms with E-state index in [1.54, 1.807) is 7.11 Å². The molecule has 8 heteroatoms. The summed E-state index contributed by atoms with van der Waals surface area (Å²) in [7, 11) is 1.63. The van der Waals surface area contributed by atoms with Gasteiger partial charge in [-0.1, -0.05) is 23.4 Å². The monoisotopic (exact) mass is 385 g/mol. The first-order valence-electron chi connectivity index (χ1n) is 8.71. The van der Waals surface area contributed by atoms with Crippen LogP contribution in [0.2, 0.25) is 0 Å². The van der Waals surface area contributed by atoms with E-state index in [0.29, 0.717) is 12.4 Å². The number of hydrogen-bond acceptors (Lipinski definition) is 6. The number of benzene rings is 1. The highest BCUT2D eigenvalue weighted by Gasteiger charge is 2.31. The summed E-state index contributed by atoms with van der Waals surface area (Å²) in [6, 6.07) is 11.5. The maximum Gasteiger partial charge on any atom is 0.442 e. The second-order valence-corrected chi connectivity index (χ2v) is 7.30. The van der Waals surface area contributed by atoms with Gasteiger partial charge < -0.3 is 9.64 Å². The van der Waals surface area contributed by atoms with Crippen molar-refractivity contribution in [3.05, 3.63) is 57.9 Å². The van der Waals surface area contributed by atoms with E-state index in [9.17, 15) is 9.59 Å². The molecule has 0 spiro atoms. The molecule has 1 amide bonds. The molecule has 1 unspecified atom stereocenters. The highest BCUT2D eigenvalue weighted by atomic mass is 32.1. The molecule has 140 valence electrons. The second kappa shape index (κ2) is 7.40. The predicted octanol–water partition coefficient (Wildman–Crippen LogP) is 2.94. The third kappa shape index (κ3) is 3.40. The Morgan fingerprint density at radius 1 is 1.33 bits per heavy atom. The maximum absolute atomic E-state index is 13.0. The molecule has 1 aliphatic heterocycles. The Morgan fingerprint density at radius 3 is 2.85 bits per heavy atom. The van der Waals surface area contributed by atoms with Crippen molar-refractivity contribution in [1.82, 2.24) is 14.6 Å². The minimum atomic E-state index is -0.619. The van der Waals surface area contributed by atoms with Gasteiger partial charge in [-0.25, -0.2) is 9.36 Å². The number of methoxy groups -OCH3 is 1. The number of amides is 1. The lowest BCUT2D eigenvalue weighted by atomic mass is 10.0. The maximum atomic E-state index is 13.0. The number of ether oxygens (including phenoxy) is 1. The average molecular weight is 385 g/mol. The quantitative estimate of drug-likeness (QED) is 0.675. The number of nitrogens with zero attached hydrogens (tertiary/aromatic N) is 3. The van der Waals surface area contributed by atoms with Crippen LogP contribution in [-0.2, 0) is 11.3 Å². The molecule has 0 bridgehead atoms. The van der Waals surface area contributed by atoms with Crippen molar-refractivity contribution in [2.24, 2.45) is 0 Å². The lowest BCUT2D eigenvalue weighted by molar-refractivity contribution is -0.132. The van der Waals surface area contributed by atoms with E-state index >= 15 is 0 Å². The number of carbonyl (C=O) groups excluding carboxylic acids is 1. The predicted molar refractivity (Wildman–Crippen MR) is 101 cm³/mol. The third-order valence-corrected chi connectivity index (χ3v) is 5.66. The van der Waals surface area contributed by atoms with E-state index in [1.165, 1.54) is 15.9 Å². The molecule has 1 aromatic carbocycles. The van der Waals surface area contributed by atoms with Gasteiger partial charge in [-0.15, -0.1) is 11.3 Å². The van der Waals surface area contributed by atoms with Crippen LogP contribution in [0.25, 0.3) is 10.7 Å². The van der Waals surface area contributed by atoms with Gasteiger partial charge in [0.25, 0.3) is 0 Å². The van der Waals surface area contributed by atoms with Gasteiger partial charge in [0, 0.05) is 6.54 Å². The van der Waals surface area contributed by atoms with Crippen molar-refractivity contribution < 1.29 is 14.1 Å². The summed E-state index contributed by atoms with van der Waals surface area (Å²) >= 11 is 1.44. The van der Waals surface area contributed by atoms with Gasteiger partial charge in [0.2, 0.25) is 5.91 Å². The molecular formula is C19H19N3O4S. The summed E-state index contributed by atoms with van der Waals surface area (Å²) < 4.78 is 11.3. The first-order valence-corrected chi connectivity index (χ1v) is 9.59. The number of hydrogen-bond donors (Lipinski definition) is 0. The van der Waals surface area contributed by atoms with Gasteiger partial charge in [0.05, 0.1) is 18.0 Å². The van der Waals surface area contributed by atoms with Gasteiger partial charge in [0.1, 0.15) is 12.3 Å². The second-order valence-electron chi connectivity index (χ2n) is 6.35. The molecule has 27 heavy (non-hydrogen) atoms. The van der Waals surface area contributed by atoms with E-state index in [2.05, 4.69) is 5.16 Å². The van der Waals surface area contributed by atoms with Crippen molar-refractivity contribution >= 4 is 17.2 Å². The molecule has 1 aliphatic rings. The van der Waals surface area contributed by atoms with E-state index in [-0.39, 0.29) is 18.5 Å². The molecular weight excluding hydrogens is 366 g/mol. The molecule has 0 N–H and O–H groups in total. The lowest BCUT2D eigenvalue weighted by Crippen LogP contribution is -2.35.